The number of fused-ring (bicyclic) bond motifs is 1. The van der Waals surface area contributed by atoms with Crippen LogP contribution in [-0.2, 0) is 17.6 Å². The summed E-state index contributed by atoms with van der Waals surface area (Å²) >= 11 is 0. The van der Waals surface area contributed by atoms with E-state index in [4.69, 9.17) is 18.9 Å². The minimum absolute atomic E-state index is 0.115. The van der Waals surface area contributed by atoms with Crippen LogP contribution in [0, 0.1) is 0 Å². The van der Waals surface area contributed by atoms with Crippen LogP contribution in [0.25, 0.3) is 0 Å². The van der Waals surface area contributed by atoms with Gasteiger partial charge in [-0.05, 0) is 55.8 Å². The fraction of sp³-hybridized carbons (Fsp3) is 0.440. The highest BCUT2D eigenvalue weighted by atomic mass is 16.5. The van der Waals surface area contributed by atoms with E-state index < -0.39 is 6.03 Å². The van der Waals surface area contributed by atoms with Crippen molar-refractivity contribution in [1.29, 1.82) is 0 Å². The number of nitrogens with zero attached hydrogens (tertiary/aromatic N) is 2. The van der Waals surface area contributed by atoms with Gasteiger partial charge >= 0.3 is 6.03 Å². The maximum Gasteiger partial charge on any atom is 0.328 e. The van der Waals surface area contributed by atoms with Gasteiger partial charge in [0.25, 0.3) is 0 Å². The first kappa shape index (κ1) is 25.2. The second kappa shape index (κ2) is 11.6. The number of carbonyl (C=O) groups excluding carboxylic acids is 2. The molecule has 1 heterocycles. The van der Waals surface area contributed by atoms with Gasteiger partial charge in [-0.25, -0.2) is 4.79 Å². The van der Waals surface area contributed by atoms with Crippen molar-refractivity contribution >= 4 is 17.6 Å². The molecule has 0 bridgehead atoms. The summed E-state index contributed by atoms with van der Waals surface area (Å²) in [6.45, 7) is 1.92. The van der Waals surface area contributed by atoms with Gasteiger partial charge in [0.1, 0.15) is 0 Å². The number of benzene rings is 2. The molecule has 9 nitrogen and oxygen atoms in total. The first-order valence-electron chi connectivity index (χ1n) is 11.2. The lowest BCUT2D eigenvalue weighted by Gasteiger charge is -2.21. The topological polar surface area (TPSA) is 89.6 Å². The number of amides is 3. The summed E-state index contributed by atoms with van der Waals surface area (Å²) < 4.78 is 21.3. The molecule has 34 heavy (non-hydrogen) atoms. The summed E-state index contributed by atoms with van der Waals surface area (Å²) in [5.74, 6) is 2.20. The number of rotatable bonds is 11. The van der Waals surface area contributed by atoms with Crippen molar-refractivity contribution in [1.82, 2.24) is 9.80 Å². The largest absolute Gasteiger partial charge is 0.493 e. The molecular weight excluding hydrogens is 438 g/mol. The Bertz CT molecular complexity index is 981. The minimum Gasteiger partial charge on any atom is -0.493 e. The summed E-state index contributed by atoms with van der Waals surface area (Å²) in [7, 11) is 8.34. The molecule has 0 fully saturated rings. The van der Waals surface area contributed by atoms with Gasteiger partial charge in [-0.15, -0.1) is 0 Å². The van der Waals surface area contributed by atoms with Crippen molar-refractivity contribution in [2.75, 3.05) is 60.4 Å². The molecule has 0 unspecified atom stereocenters. The number of hydrogen-bond acceptors (Lipinski definition) is 7. The minimum atomic E-state index is -0.427. The van der Waals surface area contributed by atoms with Crippen molar-refractivity contribution in [2.45, 2.75) is 19.3 Å². The number of nitrogens with one attached hydrogen (secondary N) is 1. The van der Waals surface area contributed by atoms with Crippen LogP contribution < -0.4 is 24.3 Å². The van der Waals surface area contributed by atoms with Gasteiger partial charge in [0.15, 0.2) is 23.0 Å². The molecule has 0 aliphatic carbocycles. The molecule has 0 atom stereocenters. The Morgan fingerprint density at radius 3 is 2.21 bits per heavy atom. The van der Waals surface area contributed by atoms with Gasteiger partial charge < -0.3 is 29.2 Å². The molecule has 1 N–H and O–H groups in total. The quantitative estimate of drug-likeness (QED) is 0.538. The Labute approximate surface area is 200 Å². The molecule has 1 aliphatic rings. The van der Waals surface area contributed by atoms with E-state index in [1.807, 2.05) is 25.2 Å². The summed E-state index contributed by atoms with van der Waals surface area (Å²) in [5.41, 5.74) is 2.41. The number of imide groups is 1. The van der Waals surface area contributed by atoms with Gasteiger partial charge in [0, 0.05) is 19.2 Å². The second-order valence-corrected chi connectivity index (χ2v) is 8.11. The van der Waals surface area contributed by atoms with E-state index in [0.29, 0.717) is 47.2 Å². The van der Waals surface area contributed by atoms with E-state index in [1.165, 1.54) is 19.1 Å². The van der Waals surface area contributed by atoms with Gasteiger partial charge in [0.2, 0.25) is 5.91 Å². The molecule has 0 saturated heterocycles. The Hall–Kier alpha value is -3.46. The van der Waals surface area contributed by atoms with E-state index in [1.54, 1.807) is 26.4 Å². The number of likely N-dealkylation sites (N-methyl/N-ethyl adjacent to an activating group) is 1. The Morgan fingerprint density at radius 1 is 0.882 bits per heavy atom. The van der Waals surface area contributed by atoms with Crippen LogP contribution in [0.5, 0.6) is 23.0 Å². The van der Waals surface area contributed by atoms with Crippen LogP contribution in [0.2, 0.25) is 0 Å². The third-order valence-corrected chi connectivity index (χ3v) is 5.89. The zero-order valence-electron chi connectivity index (χ0n) is 20.5. The van der Waals surface area contributed by atoms with Gasteiger partial charge in [0.05, 0.1) is 40.5 Å². The second-order valence-electron chi connectivity index (χ2n) is 8.11. The highest BCUT2D eigenvalue weighted by Crippen LogP contribution is 2.35. The van der Waals surface area contributed by atoms with Crippen molar-refractivity contribution in [3.63, 3.8) is 0 Å². The lowest BCUT2D eigenvalue weighted by Crippen LogP contribution is -2.40. The maximum absolute atomic E-state index is 12.8. The van der Waals surface area contributed by atoms with Crippen LogP contribution in [0.4, 0.5) is 10.5 Å². The van der Waals surface area contributed by atoms with Crippen LogP contribution in [-0.4, -0.2) is 76.9 Å². The first-order chi connectivity index (χ1) is 16.4. The number of ether oxygens (including phenoxy) is 4. The highest BCUT2D eigenvalue weighted by Gasteiger charge is 2.28. The number of anilines is 1. The third-order valence-electron chi connectivity index (χ3n) is 5.89. The van der Waals surface area contributed by atoms with Gasteiger partial charge in [-0.1, -0.05) is 6.07 Å². The molecule has 2 aromatic carbocycles. The molecule has 0 saturated carbocycles. The van der Waals surface area contributed by atoms with Crippen LogP contribution in [0.15, 0.2) is 30.3 Å². The monoisotopic (exact) mass is 471 g/mol. The zero-order chi connectivity index (χ0) is 24.7. The average molecular weight is 472 g/mol. The SMILES string of the molecule is COc1ccc(CCN(C)CCCN2C(=O)Cc3cc(OC)c(OC)cc3NC2=O)cc1OC. The maximum atomic E-state index is 12.8. The van der Waals surface area contributed by atoms with Crippen molar-refractivity contribution < 1.29 is 28.5 Å². The molecular formula is C25H33N3O6. The van der Waals surface area contributed by atoms with E-state index in [0.717, 1.165) is 25.1 Å². The molecule has 0 radical (unpaired) electrons. The zero-order valence-corrected chi connectivity index (χ0v) is 20.5. The lowest BCUT2D eigenvalue weighted by atomic mass is 10.1. The molecule has 2 aromatic rings. The standard InChI is InChI=1S/C25H33N3O6/c1-27(12-9-17-7-8-20(31-2)21(13-17)32-3)10-6-11-28-24(29)15-18-14-22(33-4)23(34-5)16-19(18)26-25(28)30/h7-8,13-14,16H,6,9-12,15H2,1-5H3,(H,26,30). The Kier molecular flexibility index (Phi) is 8.59. The summed E-state index contributed by atoms with van der Waals surface area (Å²) in [4.78, 5) is 29.0. The Balaban J connectivity index is 1.53. The number of urea groups is 1. The molecule has 9 heteroatoms. The summed E-state index contributed by atoms with van der Waals surface area (Å²) in [5, 5.41) is 2.83. The normalized spacial score (nSPS) is 13.3. The smallest absolute Gasteiger partial charge is 0.328 e. The van der Waals surface area contributed by atoms with Gasteiger partial charge in [-0.2, -0.15) is 0 Å². The van der Waals surface area contributed by atoms with Crippen LogP contribution in [0.1, 0.15) is 17.5 Å². The van der Waals surface area contributed by atoms with Gasteiger partial charge in [-0.3, -0.25) is 9.69 Å². The molecule has 3 rings (SSSR count). The lowest BCUT2D eigenvalue weighted by molar-refractivity contribution is -0.127. The van der Waals surface area contributed by atoms with E-state index in [-0.39, 0.29) is 12.3 Å². The fourth-order valence-corrected chi connectivity index (χ4v) is 3.93. The van der Waals surface area contributed by atoms with E-state index in [9.17, 15) is 9.59 Å². The Morgan fingerprint density at radius 2 is 1.53 bits per heavy atom. The molecule has 1 aliphatic heterocycles. The highest BCUT2D eigenvalue weighted by molar-refractivity contribution is 6.05. The van der Waals surface area contributed by atoms with Crippen LogP contribution in [0.3, 0.4) is 0 Å². The number of carbonyl (C=O) groups is 2. The van der Waals surface area contributed by atoms with Crippen LogP contribution >= 0.6 is 0 Å². The summed E-state index contributed by atoms with van der Waals surface area (Å²) in [6.07, 6.45) is 1.63. The average Bonchev–Trinajstić information content (AvgIpc) is 2.96. The van der Waals surface area contributed by atoms with Crippen molar-refractivity contribution in [3.8, 4) is 23.0 Å². The molecule has 184 valence electrons. The molecule has 0 aromatic heterocycles. The third kappa shape index (κ3) is 5.91. The van der Waals surface area contributed by atoms with E-state index >= 15 is 0 Å². The number of methoxy groups -OCH3 is 4. The predicted octanol–water partition coefficient (Wildman–Crippen LogP) is 3.20. The molecule has 3 amide bonds. The predicted molar refractivity (Wildman–Crippen MR) is 129 cm³/mol. The number of hydrogen-bond donors (Lipinski definition) is 1. The van der Waals surface area contributed by atoms with E-state index in [2.05, 4.69) is 10.2 Å². The fourth-order valence-electron chi connectivity index (χ4n) is 3.93. The summed E-state index contributed by atoms with van der Waals surface area (Å²) in [6, 6.07) is 8.90. The van der Waals surface area contributed by atoms with Crippen molar-refractivity contribution in [2.24, 2.45) is 0 Å². The first-order valence-corrected chi connectivity index (χ1v) is 11.2. The molecule has 0 spiro atoms. The van der Waals surface area contributed by atoms with Crippen molar-refractivity contribution in [3.05, 3.63) is 41.5 Å².